The van der Waals surface area contributed by atoms with Crippen molar-refractivity contribution in [2.75, 3.05) is 20.1 Å². The second-order valence-corrected chi connectivity index (χ2v) is 8.00. The molecule has 0 saturated heterocycles. The first-order chi connectivity index (χ1) is 15.0. The van der Waals surface area contributed by atoms with Crippen LogP contribution in [0.1, 0.15) is 11.5 Å². The predicted molar refractivity (Wildman–Crippen MR) is 115 cm³/mol. The summed E-state index contributed by atoms with van der Waals surface area (Å²) in [6, 6.07) is 23.2. The van der Waals surface area contributed by atoms with Gasteiger partial charge in [0.15, 0.2) is 5.41 Å². The second kappa shape index (κ2) is 8.07. The summed E-state index contributed by atoms with van der Waals surface area (Å²) in [4.78, 5) is 2.11. The number of benzene rings is 2. The third-order valence-electron chi connectivity index (χ3n) is 6.17. The average Bonchev–Trinajstić information content (AvgIpc) is 2.79. The minimum Gasteiger partial charge on any atom is -0.457 e. The van der Waals surface area contributed by atoms with E-state index >= 15 is 0 Å². The van der Waals surface area contributed by atoms with Crippen molar-refractivity contribution in [1.82, 2.24) is 4.90 Å². The summed E-state index contributed by atoms with van der Waals surface area (Å²) in [5.74, 6) is -0.364. The van der Waals surface area contributed by atoms with Gasteiger partial charge in [-0.1, -0.05) is 36.4 Å². The fourth-order valence-electron chi connectivity index (χ4n) is 4.72. The molecule has 0 aromatic heterocycles. The molecule has 2 aromatic rings. The number of hydrogen-bond donors (Lipinski definition) is 1. The first kappa shape index (κ1) is 20.4. The van der Waals surface area contributed by atoms with Gasteiger partial charge >= 0.3 is 0 Å². The normalized spacial score (nSPS) is 24.6. The van der Waals surface area contributed by atoms with Gasteiger partial charge in [-0.15, -0.1) is 0 Å². The highest BCUT2D eigenvalue weighted by Crippen LogP contribution is 2.53. The third kappa shape index (κ3) is 3.36. The van der Waals surface area contributed by atoms with Crippen LogP contribution in [0.25, 0.3) is 0 Å². The van der Waals surface area contributed by atoms with Crippen LogP contribution in [-0.2, 0) is 0 Å². The van der Waals surface area contributed by atoms with Crippen LogP contribution in [0.5, 0.6) is 11.5 Å². The number of para-hydroxylation sites is 1. The monoisotopic (exact) mass is 407 g/mol. The van der Waals surface area contributed by atoms with Gasteiger partial charge < -0.3 is 15.0 Å². The lowest BCUT2D eigenvalue weighted by Gasteiger charge is -2.47. The van der Waals surface area contributed by atoms with Crippen molar-refractivity contribution >= 4 is 5.71 Å². The molecule has 0 spiro atoms. The molecule has 1 heterocycles. The molecule has 6 nitrogen and oxygen atoms in total. The minimum atomic E-state index is -1.72. The molecule has 31 heavy (non-hydrogen) atoms. The summed E-state index contributed by atoms with van der Waals surface area (Å²) in [6.45, 7) is 1.28. The Bertz CT molecular complexity index is 1150. The van der Waals surface area contributed by atoms with E-state index in [4.69, 9.17) is 10.1 Å². The summed E-state index contributed by atoms with van der Waals surface area (Å²) < 4.78 is 5.97. The molecule has 1 N–H and O–H groups in total. The molecule has 4 rings (SSSR count). The lowest BCUT2D eigenvalue weighted by Crippen LogP contribution is -2.52. The fourth-order valence-corrected chi connectivity index (χ4v) is 4.72. The molecule has 0 radical (unpaired) electrons. The van der Waals surface area contributed by atoms with E-state index in [1.807, 2.05) is 67.7 Å². The van der Waals surface area contributed by atoms with Crippen LogP contribution in [0.2, 0.25) is 0 Å². The van der Waals surface area contributed by atoms with Crippen molar-refractivity contribution in [3.05, 3.63) is 71.8 Å². The van der Waals surface area contributed by atoms with Gasteiger partial charge in [0.05, 0.1) is 23.9 Å². The van der Waals surface area contributed by atoms with Crippen molar-refractivity contribution in [1.29, 1.82) is 21.2 Å². The maximum atomic E-state index is 10.1. The van der Waals surface area contributed by atoms with E-state index in [1.54, 1.807) is 0 Å². The average molecular weight is 407 g/mol. The maximum Gasteiger partial charge on any atom is 0.189 e. The topological polar surface area (TPSA) is 108 Å². The van der Waals surface area contributed by atoms with Crippen LogP contribution in [0, 0.1) is 56.7 Å². The molecular formula is C25H21N5O. The van der Waals surface area contributed by atoms with Crippen LogP contribution >= 0.6 is 0 Å². The van der Waals surface area contributed by atoms with Crippen LogP contribution in [0.15, 0.2) is 66.2 Å². The fraction of sp³-hybridized carbons (Fsp3) is 0.280. The van der Waals surface area contributed by atoms with E-state index in [-0.39, 0.29) is 11.6 Å². The summed E-state index contributed by atoms with van der Waals surface area (Å²) >= 11 is 0. The number of fused-ring (bicyclic) bond motifs is 1. The molecule has 1 fully saturated rings. The zero-order valence-electron chi connectivity index (χ0n) is 17.1. The number of hydrogen-bond acceptors (Lipinski definition) is 6. The Hall–Kier alpha value is -3.92. The van der Waals surface area contributed by atoms with Crippen molar-refractivity contribution in [2.24, 2.45) is 17.3 Å². The van der Waals surface area contributed by atoms with Crippen molar-refractivity contribution < 1.29 is 4.74 Å². The number of nitrogens with zero attached hydrogens (tertiary/aromatic N) is 4. The quantitative estimate of drug-likeness (QED) is 0.765. The van der Waals surface area contributed by atoms with E-state index in [2.05, 4.69) is 23.1 Å². The van der Waals surface area contributed by atoms with Crippen molar-refractivity contribution in [3.63, 3.8) is 0 Å². The molecule has 1 aliphatic heterocycles. The summed E-state index contributed by atoms with van der Waals surface area (Å²) in [5, 5.41) is 38.7. The Morgan fingerprint density at radius 3 is 2.42 bits per heavy atom. The number of nitrogens with one attached hydrogen (secondary N) is 1. The Morgan fingerprint density at radius 1 is 1.03 bits per heavy atom. The second-order valence-electron chi connectivity index (χ2n) is 8.00. The molecule has 152 valence electrons. The minimum absolute atomic E-state index is 0.133. The molecule has 0 amide bonds. The zero-order valence-corrected chi connectivity index (χ0v) is 17.1. The van der Waals surface area contributed by atoms with Gasteiger partial charge in [-0.05, 0) is 42.4 Å². The highest BCUT2D eigenvalue weighted by atomic mass is 16.5. The Kier molecular flexibility index (Phi) is 5.30. The van der Waals surface area contributed by atoms with E-state index in [9.17, 15) is 15.8 Å². The number of ether oxygens (including phenoxy) is 1. The number of rotatable bonds is 3. The smallest absolute Gasteiger partial charge is 0.189 e. The molecule has 1 aliphatic carbocycles. The van der Waals surface area contributed by atoms with E-state index in [0.29, 0.717) is 24.6 Å². The predicted octanol–water partition coefficient (Wildman–Crippen LogP) is 4.26. The van der Waals surface area contributed by atoms with Gasteiger partial charge in [0.2, 0.25) is 0 Å². The van der Waals surface area contributed by atoms with Crippen molar-refractivity contribution in [2.45, 2.75) is 5.92 Å². The number of nitriles is 3. The van der Waals surface area contributed by atoms with Gasteiger partial charge in [-0.3, -0.25) is 0 Å². The third-order valence-corrected chi connectivity index (χ3v) is 6.17. The van der Waals surface area contributed by atoms with Gasteiger partial charge in [0, 0.05) is 24.9 Å². The summed E-state index contributed by atoms with van der Waals surface area (Å²) in [5.41, 5.74) is -0.257. The lowest BCUT2D eigenvalue weighted by molar-refractivity contribution is 0.235. The standard InChI is InChI=1S/C25H21N5O/c1-30-11-10-20-21(13-26)24(29)25(15-27,16-28)23(22(20)14-30)17-6-5-9-19(12-17)31-18-7-3-2-4-8-18/h2-10,12,21-23,29H,11,14H2,1H3/t21?,22-,23-/m0/s1. The van der Waals surface area contributed by atoms with Crippen LogP contribution in [0.3, 0.4) is 0 Å². The molecule has 2 aliphatic rings. The molecular weight excluding hydrogens is 386 g/mol. The first-order valence-corrected chi connectivity index (χ1v) is 10.1. The van der Waals surface area contributed by atoms with Gasteiger partial charge in [-0.25, -0.2) is 0 Å². The Morgan fingerprint density at radius 2 is 1.74 bits per heavy atom. The molecule has 3 atom stereocenters. The highest BCUT2D eigenvalue weighted by molar-refractivity contribution is 6.00. The van der Waals surface area contributed by atoms with Gasteiger partial charge in [-0.2, -0.15) is 15.8 Å². The molecule has 1 unspecified atom stereocenters. The van der Waals surface area contributed by atoms with E-state index in [1.165, 1.54) is 0 Å². The lowest BCUT2D eigenvalue weighted by atomic mass is 9.54. The van der Waals surface area contributed by atoms with Crippen LogP contribution in [0.4, 0.5) is 0 Å². The number of likely N-dealkylation sites (N-methyl/N-ethyl adjacent to an activating group) is 1. The Balaban J connectivity index is 1.84. The molecule has 0 bridgehead atoms. The molecule has 2 aromatic carbocycles. The Labute approximate surface area is 181 Å². The summed E-state index contributed by atoms with van der Waals surface area (Å²) in [7, 11) is 1.97. The van der Waals surface area contributed by atoms with E-state index < -0.39 is 17.3 Å². The van der Waals surface area contributed by atoms with E-state index in [0.717, 1.165) is 11.1 Å². The zero-order chi connectivity index (χ0) is 22.0. The first-order valence-electron chi connectivity index (χ1n) is 10.1. The van der Waals surface area contributed by atoms with Crippen LogP contribution < -0.4 is 4.74 Å². The highest BCUT2D eigenvalue weighted by Gasteiger charge is 2.57. The van der Waals surface area contributed by atoms with Gasteiger partial charge in [0.1, 0.15) is 17.4 Å². The van der Waals surface area contributed by atoms with Gasteiger partial charge in [0.25, 0.3) is 0 Å². The molecule has 6 heteroatoms. The largest absolute Gasteiger partial charge is 0.457 e. The van der Waals surface area contributed by atoms with Crippen molar-refractivity contribution in [3.8, 4) is 29.7 Å². The maximum absolute atomic E-state index is 10.1. The van der Waals surface area contributed by atoms with Crippen LogP contribution in [-0.4, -0.2) is 30.7 Å². The SMILES string of the molecule is CN1CC=C2C(C#N)C(=N)C(C#N)(C#N)[C@@H](c3cccc(Oc4ccccc4)c3)[C@H]2C1. The summed E-state index contributed by atoms with van der Waals surface area (Å²) in [6.07, 6.45) is 1.98. The molecule has 1 saturated carbocycles.